The van der Waals surface area contributed by atoms with Crippen LogP contribution in [0.25, 0.3) is 0 Å². The molecule has 0 radical (unpaired) electrons. The van der Waals surface area contributed by atoms with E-state index in [-0.39, 0.29) is 12.5 Å². The monoisotopic (exact) mass is 321 g/mol. The molecule has 2 rings (SSSR count). The second kappa shape index (κ2) is 8.38. The van der Waals surface area contributed by atoms with E-state index in [1.165, 1.54) is 0 Å². The number of carbonyl (C=O) groups is 2. The summed E-state index contributed by atoms with van der Waals surface area (Å²) in [6, 6.07) is 4.59. The van der Waals surface area contributed by atoms with Crippen molar-refractivity contribution in [3.8, 4) is 11.5 Å². The number of anilines is 1. The molecule has 3 amide bonds. The summed E-state index contributed by atoms with van der Waals surface area (Å²) in [5.74, 6) is 0.918. The van der Waals surface area contributed by atoms with Crippen LogP contribution in [0.5, 0.6) is 11.5 Å². The molecule has 126 valence electrons. The predicted molar refractivity (Wildman–Crippen MR) is 87.0 cm³/mol. The molecule has 0 bridgehead atoms. The van der Waals surface area contributed by atoms with Crippen LogP contribution in [0.4, 0.5) is 10.5 Å². The highest BCUT2D eigenvalue weighted by molar-refractivity contribution is 6.01. The van der Waals surface area contributed by atoms with E-state index in [9.17, 15) is 9.59 Å². The Balaban J connectivity index is 1.90. The Morgan fingerprint density at radius 2 is 1.83 bits per heavy atom. The molecule has 0 atom stereocenters. The van der Waals surface area contributed by atoms with Crippen molar-refractivity contribution < 1.29 is 19.1 Å². The molecule has 1 aromatic rings. The number of ether oxygens (including phenoxy) is 2. The van der Waals surface area contributed by atoms with Gasteiger partial charge < -0.3 is 14.8 Å². The third-order valence-corrected chi connectivity index (χ3v) is 3.52. The van der Waals surface area contributed by atoms with E-state index >= 15 is 0 Å². The number of likely N-dealkylation sites (N-methyl/N-ethyl adjacent to an activating group) is 1. The van der Waals surface area contributed by atoms with Gasteiger partial charge in [-0.05, 0) is 25.2 Å². The van der Waals surface area contributed by atoms with Crippen molar-refractivity contribution in [2.24, 2.45) is 0 Å². The SMILES string of the molecule is CCN(CC)CC(=O)NC(=O)Nc1ccc2c(c1)OCCCO2. The first-order valence-electron chi connectivity index (χ1n) is 7.85. The first-order chi connectivity index (χ1) is 11.1. The van der Waals surface area contributed by atoms with Crippen molar-refractivity contribution in [2.75, 3.05) is 38.2 Å². The summed E-state index contributed by atoms with van der Waals surface area (Å²) in [6.45, 7) is 6.83. The Hall–Kier alpha value is -2.28. The number of urea groups is 1. The van der Waals surface area contributed by atoms with E-state index in [1.807, 2.05) is 18.7 Å². The van der Waals surface area contributed by atoms with Gasteiger partial charge in [-0.2, -0.15) is 0 Å². The zero-order chi connectivity index (χ0) is 16.7. The number of carbonyl (C=O) groups excluding carboxylic acids is 2. The molecule has 7 nitrogen and oxygen atoms in total. The lowest BCUT2D eigenvalue weighted by Crippen LogP contribution is -2.41. The maximum atomic E-state index is 11.9. The molecule has 7 heteroatoms. The number of nitrogens with zero attached hydrogens (tertiary/aromatic N) is 1. The Morgan fingerprint density at radius 3 is 2.52 bits per heavy atom. The second-order valence-corrected chi connectivity index (χ2v) is 5.18. The molecular weight excluding hydrogens is 298 g/mol. The fourth-order valence-electron chi connectivity index (χ4n) is 2.22. The molecule has 0 spiro atoms. The summed E-state index contributed by atoms with van der Waals surface area (Å²) < 4.78 is 11.1. The van der Waals surface area contributed by atoms with Crippen LogP contribution >= 0.6 is 0 Å². The van der Waals surface area contributed by atoms with Crippen LogP contribution in [0.15, 0.2) is 18.2 Å². The Labute approximate surface area is 135 Å². The van der Waals surface area contributed by atoms with Gasteiger partial charge in [-0.3, -0.25) is 15.0 Å². The van der Waals surface area contributed by atoms with Gasteiger partial charge in [0.15, 0.2) is 11.5 Å². The highest BCUT2D eigenvalue weighted by atomic mass is 16.5. The van der Waals surface area contributed by atoms with Crippen molar-refractivity contribution >= 4 is 17.6 Å². The van der Waals surface area contributed by atoms with E-state index in [1.54, 1.807) is 18.2 Å². The van der Waals surface area contributed by atoms with Gasteiger partial charge in [0.2, 0.25) is 5.91 Å². The summed E-state index contributed by atoms with van der Waals surface area (Å²) in [5, 5.41) is 4.94. The molecule has 1 aromatic carbocycles. The van der Waals surface area contributed by atoms with Crippen molar-refractivity contribution in [3.05, 3.63) is 18.2 Å². The molecule has 23 heavy (non-hydrogen) atoms. The molecule has 0 fully saturated rings. The van der Waals surface area contributed by atoms with Crippen molar-refractivity contribution in [1.29, 1.82) is 0 Å². The van der Waals surface area contributed by atoms with Crippen LogP contribution in [0.2, 0.25) is 0 Å². The molecule has 0 saturated carbocycles. The number of amides is 3. The highest BCUT2D eigenvalue weighted by Gasteiger charge is 2.14. The van der Waals surface area contributed by atoms with Gasteiger partial charge in [0.05, 0.1) is 19.8 Å². The van der Waals surface area contributed by atoms with Crippen molar-refractivity contribution in [1.82, 2.24) is 10.2 Å². The highest BCUT2D eigenvalue weighted by Crippen LogP contribution is 2.32. The van der Waals surface area contributed by atoms with Gasteiger partial charge in [-0.15, -0.1) is 0 Å². The topological polar surface area (TPSA) is 79.9 Å². The maximum absolute atomic E-state index is 11.9. The molecule has 0 unspecified atom stereocenters. The van der Waals surface area contributed by atoms with Crippen LogP contribution in [-0.4, -0.2) is 49.7 Å². The lowest BCUT2D eigenvalue weighted by Gasteiger charge is -2.17. The van der Waals surface area contributed by atoms with E-state index in [0.717, 1.165) is 19.5 Å². The second-order valence-electron chi connectivity index (χ2n) is 5.18. The molecule has 0 saturated heterocycles. The minimum Gasteiger partial charge on any atom is -0.490 e. The van der Waals surface area contributed by atoms with Gasteiger partial charge in [0.25, 0.3) is 0 Å². The van der Waals surface area contributed by atoms with Crippen LogP contribution in [0, 0.1) is 0 Å². The minimum atomic E-state index is -0.559. The number of benzene rings is 1. The smallest absolute Gasteiger partial charge is 0.325 e. The molecule has 0 aliphatic carbocycles. The van der Waals surface area contributed by atoms with Gasteiger partial charge >= 0.3 is 6.03 Å². The predicted octanol–water partition coefficient (Wildman–Crippen LogP) is 1.84. The van der Waals surface area contributed by atoms with Crippen LogP contribution < -0.4 is 20.1 Å². The van der Waals surface area contributed by atoms with Gasteiger partial charge in [0.1, 0.15) is 0 Å². The summed E-state index contributed by atoms with van der Waals surface area (Å²) in [4.78, 5) is 25.6. The van der Waals surface area contributed by atoms with Gasteiger partial charge in [-0.1, -0.05) is 13.8 Å². The molecule has 1 aliphatic rings. The first-order valence-corrected chi connectivity index (χ1v) is 7.85. The summed E-state index contributed by atoms with van der Waals surface area (Å²) >= 11 is 0. The zero-order valence-electron chi connectivity index (χ0n) is 13.6. The fourth-order valence-corrected chi connectivity index (χ4v) is 2.22. The zero-order valence-corrected chi connectivity index (χ0v) is 13.6. The molecule has 2 N–H and O–H groups in total. The minimum absolute atomic E-state index is 0.196. The number of hydrogen-bond acceptors (Lipinski definition) is 5. The first kappa shape index (κ1) is 17.1. The number of nitrogens with one attached hydrogen (secondary N) is 2. The Morgan fingerprint density at radius 1 is 1.13 bits per heavy atom. The van der Waals surface area contributed by atoms with Crippen molar-refractivity contribution in [3.63, 3.8) is 0 Å². The molecule has 0 aromatic heterocycles. The lowest BCUT2D eigenvalue weighted by atomic mass is 10.3. The van der Waals surface area contributed by atoms with Gasteiger partial charge in [-0.25, -0.2) is 4.79 Å². The van der Waals surface area contributed by atoms with Crippen LogP contribution in [0.3, 0.4) is 0 Å². The average molecular weight is 321 g/mol. The normalized spacial score (nSPS) is 13.3. The largest absolute Gasteiger partial charge is 0.490 e. The van der Waals surface area contributed by atoms with Crippen LogP contribution in [-0.2, 0) is 4.79 Å². The third-order valence-electron chi connectivity index (χ3n) is 3.52. The molecular formula is C16H23N3O4. The number of fused-ring (bicyclic) bond motifs is 1. The molecule has 1 aliphatic heterocycles. The summed E-state index contributed by atoms with van der Waals surface area (Å²) in [7, 11) is 0. The number of imide groups is 1. The standard InChI is InChI=1S/C16H23N3O4/c1-3-19(4-2)11-15(20)18-16(21)17-12-6-7-13-14(10-12)23-9-5-8-22-13/h6-7,10H,3-5,8-9,11H2,1-2H3,(H2,17,18,20,21). The summed E-state index contributed by atoms with van der Waals surface area (Å²) in [6.07, 6.45) is 0.817. The summed E-state index contributed by atoms with van der Waals surface area (Å²) in [5.41, 5.74) is 0.544. The van der Waals surface area contributed by atoms with Crippen LogP contribution in [0.1, 0.15) is 20.3 Å². The lowest BCUT2D eigenvalue weighted by molar-refractivity contribution is -0.121. The van der Waals surface area contributed by atoms with Gasteiger partial charge in [0, 0.05) is 18.2 Å². The Bertz CT molecular complexity index is 558. The van der Waals surface area contributed by atoms with E-state index < -0.39 is 6.03 Å². The van der Waals surface area contributed by atoms with Crippen molar-refractivity contribution in [2.45, 2.75) is 20.3 Å². The quantitative estimate of drug-likeness (QED) is 0.865. The van der Waals surface area contributed by atoms with E-state index in [0.29, 0.717) is 30.4 Å². The number of hydrogen-bond donors (Lipinski definition) is 2. The van der Waals surface area contributed by atoms with E-state index in [2.05, 4.69) is 10.6 Å². The Kier molecular flexibility index (Phi) is 6.22. The number of rotatable bonds is 5. The maximum Gasteiger partial charge on any atom is 0.325 e. The molecule has 1 heterocycles. The third kappa shape index (κ3) is 5.14. The average Bonchev–Trinajstić information content (AvgIpc) is 2.77. The van der Waals surface area contributed by atoms with E-state index in [4.69, 9.17) is 9.47 Å². The fraction of sp³-hybridized carbons (Fsp3) is 0.500.